The molecule has 6 nitrogen and oxygen atoms in total. The number of carbonyl (C=O) groups excluding carboxylic acids is 1. The summed E-state index contributed by atoms with van der Waals surface area (Å²) in [5.41, 5.74) is 2.00. The molecule has 0 spiro atoms. The Morgan fingerprint density at radius 1 is 1.21 bits per heavy atom. The van der Waals surface area contributed by atoms with Crippen LogP contribution in [0.2, 0.25) is 0 Å². The lowest BCUT2D eigenvalue weighted by Crippen LogP contribution is -2.53. The van der Waals surface area contributed by atoms with Gasteiger partial charge in [-0.3, -0.25) is 4.90 Å². The number of halogens is 1. The van der Waals surface area contributed by atoms with Gasteiger partial charge in [-0.2, -0.15) is 5.26 Å². The number of nitrogens with one attached hydrogen (secondary N) is 1. The largest absolute Gasteiger partial charge is 0.493 e. The molecule has 172 valence electrons. The number of piperidine rings is 3. The zero-order valence-corrected chi connectivity index (χ0v) is 18.9. The summed E-state index contributed by atoms with van der Waals surface area (Å²) < 4.78 is 26.0. The molecule has 1 unspecified atom stereocenters. The molecule has 3 saturated heterocycles. The third-order valence-electron chi connectivity index (χ3n) is 7.25. The summed E-state index contributed by atoms with van der Waals surface area (Å²) in [6.45, 7) is 7.54. The third kappa shape index (κ3) is 4.16. The number of amides is 1. The Morgan fingerprint density at radius 3 is 2.61 bits per heavy atom. The Morgan fingerprint density at radius 2 is 1.94 bits per heavy atom. The Bertz CT molecular complexity index is 1120. The van der Waals surface area contributed by atoms with E-state index in [1.54, 1.807) is 6.07 Å². The second kappa shape index (κ2) is 8.35. The molecule has 4 heterocycles. The average molecular weight is 450 g/mol. The Hall–Kier alpha value is -3.11. The Labute approximate surface area is 193 Å². The van der Waals surface area contributed by atoms with Crippen molar-refractivity contribution in [1.29, 1.82) is 5.26 Å². The van der Waals surface area contributed by atoms with Gasteiger partial charge in [-0.05, 0) is 61.2 Å². The van der Waals surface area contributed by atoms with Crippen molar-refractivity contribution in [3.63, 3.8) is 0 Å². The van der Waals surface area contributed by atoms with Gasteiger partial charge in [0, 0.05) is 17.5 Å². The molecule has 2 aromatic carbocycles. The second-order valence-corrected chi connectivity index (χ2v) is 10.00. The van der Waals surface area contributed by atoms with E-state index in [0.29, 0.717) is 23.8 Å². The maximum Gasteiger partial charge on any atom is 0.407 e. The first-order valence-corrected chi connectivity index (χ1v) is 11.5. The van der Waals surface area contributed by atoms with Crippen LogP contribution in [-0.2, 0) is 4.74 Å². The van der Waals surface area contributed by atoms with Gasteiger partial charge in [-0.25, -0.2) is 9.18 Å². The maximum atomic E-state index is 14.1. The van der Waals surface area contributed by atoms with Crippen LogP contribution in [0.1, 0.15) is 43.9 Å². The summed E-state index contributed by atoms with van der Waals surface area (Å²) in [7, 11) is 0. The Balaban J connectivity index is 1.36. The number of nitrogens with zero attached hydrogens (tertiary/aromatic N) is 2. The number of ether oxygens (including phenoxy) is 2. The van der Waals surface area contributed by atoms with E-state index < -0.39 is 11.9 Å². The fourth-order valence-electron chi connectivity index (χ4n) is 5.24. The molecule has 33 heavy (non-hydrogen) atoms. The van der Waals surface area contributed by atoms with Crippen molar-refractivity contribution < 1.29 is 18.7 Å². The minimum Gasteiger partial charge on any atom is -0.493 e. The van der Waals surface area contributed by atoms with E-state index in [1.165, 1.54) is 12.1 Å². The summed E-state index contributed by atoms with van der Waals surface area (Å²) in [5.74, 6) is 0.556. The highest BCUT2D eigenvalue weighted by molar-refractivity contribution is 5.70. The zero-order chi connectivity index (χ0) is 23.2. The van der Waals surface area contributed by atoms with E-state index >= 15 is 0 Å². The number of rotatable bonds is 3. The van der Waals surface area contributed by atoms with Crippen molar-refractivity contribution in [3.8, 4) is 22.9 Å². The van der Waals surface area contributed by atoms with Crippen molar-refractivity contribution in [2.24, 2.45) is 11.3 Å². The van der Waals surface area contributed by atoms with E-state index in [9.17, 15) is 9.18 Å². The van der Waals surface area contributed by atoms with Crippen LogP contribution >= 0.6 is 0 Å². The molecule has 2 atom stereocenters. The highest BCUT2D eigenvalue weighted by atomic mass is 19.1. The number of hydrogen-bond acceptors (Lipinski definition) is 5. The van der Waals surface area contributed by atoms with E-state index in [0.717, 1.165) is 43.6 Å². The topological polar surface area (TPSA) is 74.6 Å². The van der Waals surface area contributed by atoms with E-state index in [1.807, 2.05) is 24.3 Å². The quantitative estimate of drug-likeness (QED) is 0.739. The second-order valence-electron chi connectivity index (χ2n) is 10.00. The van der Waals surface area contributed by atoms with E-state index in [2.05, 4.69) is 24.1 Å². The molecule has 0 saturated carbocycles. The van der Waals surface area contributed by atoms with Gasteiger partial charge < -0.3 is 14.8 Å². The van der Waals surface area contributed by atoms with Gasteiger partial charge in [-0.1, -0.05) is 32.0 Å². The summed E-state index contributed by atoms with van der Waals surface area (Å²) in [6, 6.07) is 11.8. The van der Waals surface area contributed by atoms with Crippen LogP contribution in [0.4, 0.5) is 9.18 Å². The molecular weight excluding hydrogens is 421 g/mol. The van der Waals surface area contributed by atoms with Crippen molar-refractivity contribution in [2.75, 3.05) is 26.2 Å². The number of carbonyl (C=O) groups is 1. The molecule has 7 heteroatoms. The highest BCUT2D eigenvalue weighted by Crippen LogP contribution is 2.44. The first kappa shape index (κ1) is 21.7. The molecule has 3 fully saturated rings. The van der Waals surface area contributed by atoms with Crippen molar-refractivity contribution in [2.45, 2.75) is 38.8 Å². The lowest BCUT2D eigenvalue weighted by molar-refractivity contribution is -0.0361. The van der Waals surface area contributed by atoms with Crippen LogP contribution in [0, 0.1) is 28.5 Å². The average Bonchev–Trinajstić information content (AvgIpc) is 2.81. The molecule has 1 amide bonds. The molecule has 4 aliphatic heterocycles. The SMILES string of the molecule is CC1(C)COc2cc(-c3ccc(C#N)c(F)c3)ccc2C1NC(=O)O[C@@H]1CN2CCC1CC2. The van der Waals surface area contributed by atoms with Crippen molar-refractivity contribution >= 4 is 6.09 Å². The Kier molecular flexibility index (Phi) is 5.49. The van der Waals surface area contributed by atoms with E-state index in [4.69, 9.17) is 14.7 Å². The normalized spacial score (nSPS) is 27.1. The van der Waals surface area contributed by atoms with Crippen LogP contribution in [0.15, 0.2) is 36.4 Å². The molecule has 6 rings (SSSR count). The number of alkyl carbamates (subject to hydrolysis) is 1. The number of benzene rings is 2. The fourth-order valence-corrected chi connectivity index (χ4v) is 5.24. The predicted octanol–water partition coefficient (Wildman–Crippen LogP) is 4.64. The van der Waals surface area contributed by atoms with Crippen LogP contribution in [0.25, 0.3) is 11.1 Å². The standard InChI is InChI=1S/C26H28FN3O3/c1-26(2)15-32-22-12-18(17-3-4-19(13-28)21(27)11-17)5-6-20(22)24(26)29-25(31)33-23-14-30-9-7-16(23)8-10-30/h3-6,11-12,16,23-24H,7-10,14-15H2,1-2H3,(H,29,31)/t23-,24?/m1/s1. The summed E-state index contributed by atoms with van der Waals surface area (Å²) in [5, 5.41) is 12.1. The zero-order valence-electron chi connectivity index (χ0n) is 18.9. The molecule has 0 radical (unpaired) electrons. The lowest BCUT2D eigenvalue weighted by Gasteiger charge is -2.44. The van der Waals surface area contributed by atoms with Gasteiger partial charge in [-0.15, -0.1) is 0 Å². The van der Waals surface area contributed by atoms with Gasteiger partial charge in [0.25, 0.3) is 0 Å². The summed E-state index contributed by atoms with van der Waals surface area (Å²) in [4.78, 5) is 15.2. The molecule has 0 aliphatic carbocycles. The molecule has 1 N–H and O–H groups in total. The highest BCUT2D eigenvalue weighted by Gasteiger charge is 2.41. The number of fused-ring (bicyclic) bond motifs is 4. The molecule has 2 bridgehead atoms. The number of nitriles is 1. The summed E-state index contributed by atoms with van der Waals surface area (Å²) >= 11 is 0. The van der Waals surface area contributed by atoms with Crippen LogP contribution < -0.4 is 10.1 Å². The van der Waals surface area contributed by atoms with Gasteiger partial charge in [0.2, 0.25) is 0 Å². The minimum atomic E-state index is -0.551. The van der Waals surface area contributed by atoms with Gasteiger partial charge in [0.1, 0.15) is 23.7 Å². The first-order chi connectivity index (χ1) is 15.8. The van der Waals surface area contributed by atoms with Crippen molar-refractivity contribution in [1.82, 2.24) is 10.2 Å². The first-order valence-electron chi connectivity index (χ1n) is 11.5. The maximum absolute atomic E-state index is 14.1. The van der Waals surface area contributed by atoms with Crippen LogP contribution in [-0.4, -0.2) is 43.3 Å². The van der Waals surface area contributed by atoms with Crippen LogP contribution in [0.3, 0.4) is 0 Å². The lowest BCUT2D eigenvalue weighted by atomic mass is 9.78. The predicted molar refractivity (Wildman–Crippen MR) is 121 cm³/mol. The van der Waals surface area contributed by atoms with Gasteiger partial charge in [0.15, 0.2) is 0 Å². The monoisotopic (exact) mass is 449 g/mol. The summed E-state index contributed by atoms with van der Waals surface area (Å²) in [6.07, 6.45) is 1.73. The van der Waals surface area contributed by atoms with Gasteiger partial charge >= 0.3 is 6.09 Å². The number of hydrogen-bond donors (Lipinski definition) is 1. The molecule has 2 aromatic rings. The van der Waals surface area contributed by atoms with Gasteiger partial charge in [0.05, 0.1) is 18.2 Å². The molecule has 4 aliphatic rings. The minimum absolute atomic E-state index is 0.0143. The third-order valence-corrected chi connectivity index (χ3v) is 7.25. The van der Waals surface area contributed by atoms with Crippen molar-refractivity contribution in [3.05, 3.63) is 53.3 Å². The van der Waals surface area contributed by atoms with E-state index in [-0.39, 0.29) is 23.1 Å². The molecular formula is C26H28FN3O3. The smallest absolute Gasteiger partial charge is 0.407 e. The molecule has 0 aromatic heterocycles. The fraction of sp³-hybridized carbons (Fsp3) is 0.462. The van der Waals surface area contributed by atoms with Crippen LogP contribution in [0.5, 0.6) is 5.75 Å².